The van der Waals surface area contributed by atoms with E-state index in [2.05, 4.69) is 43.9 Å². The van der Waals surface area contributed by atoms with E-state index in [4.69, 9.17) is 5.73 Å². The van der Waals surface area contributed by atoms with Crippen LogP contribution >= 0.6 is 0 Å². The summed E-state index contributed by atoms with van der Waals surface area (Å²) in [5.41, 5.74) is 12.2. The van der Waals surface area contributed by atoms with E-state index in [1.807, 2.05) is 18.2 Å². The molecule has 0 spiro atoms. The lowest BCUT2D eigenvalue weighted by molar-refractivity contribution is 0.166. The monoisotopic (exact) mass is 364 g/mol. The molecule has 3 N–H and O–H groups in total. The largest absolute Gasteiger partial charge is 0.508 e. The number of hydrogen-bond donors (Lipinski definition) is 2. The molecular weight excluding hydrogens is 332 g/mol. The Morgan fingerprint density at radius 3 is 2.70 bits per heavy atom. The van der Waals surface area contributed by atoms with Crippen molar-refractivity contribution in [2.45, 2.75) is 58.4 Å². The molecule has 4 atom stereocenters. The first-order valence-electron chi connectivity index (χ1n) is 10.4. The van der Waals surface area contributed by atoms with Crippen molar-refractivity contribution in [3.8, 4) is 5.75 Å². The van der Waals surface area contributed by atoms with Crippen LogP contribution in [0.2, 0.25) is 0 Å². The van der Waals surface area contributed by atoms with Crippen molar-refractivity contribution in [3.63, 3.8) is 0 Å². The van der Waals surface area contributed by atoms with Crippen molar-refractivity contribution in [1.29, 1.82) is 0 Å². The molecule has 2 aromatic carbocycles. The highest BCUT2D eigenvalue weighted by Gasteiger charge is 2.43. The van der Waals surface area contributed by atoms with Crippen molar-refractivity contribution in [2.24, 2.45) is 11.8 Å². The van der Waals surface area contributed by atoms with E-state index in [0.717, 1.165) is 24.2 Å². The summed E-state index contributed by atoms with van der Waals surface area (Å²) in [5.74, 6) is 2.29. The number of anilines is 2. The molecule has 0 aliphatic heterocycles. The molecule has 0 bridgehead atoms. The molecule has 0 amide bonds. The number of phenolic OH excluding ortho intramolecular Hbond substituents is 1. The number of aryl methyl sites for hydroxylation is 1. The fourth-order valence-electron chi connectivity index (χ4n) is 5.69. The van der Waals surface area contributed by atoms with Gasteiger partial charge in [-0.05, 0) is 91.5 Å². The van der Waals surface area contributed by atoms with E-state index in [1.54, 1.807) is 0 Å². The Morgan fingerprint density at radius 1 is 1.15 bits per heavy atom. The molecule has 0 saturated heterocycles. The third-order valence-electron chi connectivity index (χ3n) is 7.02. The van der Waals surface area contributed by atoms with Crippen molar-refractivity contribution in [1.82, 2.24) is 0 Å². The van der Waals surface area contributed by atoms with E-state index in [0.29, 0.717) is 29.5 Å². The first-order valence-corrected chi connectivity index (χ1v) is 10.4. The summed E-state index contributed by atoms with van der Waals surface area (Å²) in [6.45, 7) is 7.79. The second-order valence-corrected chi connectivity index (χ2v) is 8.57. The molecule has 3 heteroatoms. The van der Waals surface area contributed by atoms with Gasteiger partial charge in [-0.2, -0.15) is 0 Å². The second-order valence-electron chi connectivity index (χ2n) is 8.57. The summed E-state index contributed by atoms with van der Waals surface area (Å²) in [4.78, 5) is 2.60. The molecule has 144 valence electrons. The van der Waals surface area contributed by atoms with Crippen molar-refractivity contribution in [2.75, 3.05) is 17.2 Å². The van der Waals surface area contributed by atoms with Crippen LogP contribution in [0.3, 0.4) is 0 Å². The van der Waals surface area contributed by atoms with Crippen LogP contribution in [0.15, 0.2) is 36.4 Å². The van der Waals surface area contributed by atoms with Gasteiger partial charge in [0.2, 0.25) is 0 Å². The maximum atomic E-state index is 10.1. The lowest BCUT2D eigenvalue weighted by atomic mass is 9.61. The minimum Gasteiger partial charge on any atom is -0.508 e. The average molecular weight is 365 g/mol. The molecular formula is C24H32N2O. The Labute approximate surface area is 163 Å². The predicted molar refractivity (Wildman–Crippen MR) is 113 cm³/mol. The van der Waals surface area contributed by atoms with Crippen LogP contribution in [0.25, 0.3) is 0 Å². The molecule has 4 unspecified atom stereocenters. The molecule has 2 aliphatic carbocycles. The smallest absolute Gasteiger partial charge is 0.115 e. The number of rotatable bonds is 3. The van der Waals surface area contributed by atoms with Crippen LogP contribution in [-0.2, 0) is 6.42 Å². The molecule has 3 nitrogen and oxygen atoms in total. The summed E-state index contributed by atoms with van der Waals surface area (Å²) < 4.78 is 0. The summed E-state index contributed by atoms with van der Waals surface area (Å²) >= 11 is 0. The van der Waals surface area contributed by atoms with Gasteiger partial charge < -0.3 is 15.7 Å². The molecule has 27 heavy (non-hydrogen) atoms. The van der Waals surface area contributed by atoms with Gasteiger partial charge in [0.1, 0.15) is 5.75 Å². The number of likely N-dealkylation sites (N-methyl/N-ethyl adjacent to an activating group) is 1. The molecule has 0 radical (unpaired) electrons. The van der Waals surface area contributed by atoms with E-state index in [-0.39, 0.29) is 0 Å². The lowest BCUT2D eigenvalue weighted by Gasteiger charge is -2.50. The summed E-state index contributed by atoms with van der Waals surface area (Å²) in [6.07, 6.45) is 4.89. The standard InChI is InChI=1S/C24H32N2O/c1-4-26(18-9-11-22(25)16(3)12-18)23-13-17-8-10-19(27)14-21(17)20-7-5-6-15(2)24(20)23/h8-12,14-15,20,23-24,27H,4-7,13,25H2,1-3H3. The third kappa shape index (κ3) is 3.18. The van der Waals surface area contributed by atoms with Crippen molar-refractivity contribution < 1.29 is 5.11 Å². The molecule has 2 aliphatic rings. The van der Waals surface area contributed by atoms with E-state index >= 15 is 0 Å². The highest BCUT2D eigenvalue weighted by atomic mass is 16.3. The molecule has 0 aromatic heterocycles. The minimum atomic E-state index is 0.408. The number of nitrogens with two attached hydrogens (primary N) is 1. The summed E-state index contributed by atoms with van der Waals surface area (Å²) in [5, 5.41) is 10.1. The lowest BCUT2D eigenvalue weighted by Crippen LogP contribution is -2.50. The van der Waals surface area contributed by atoms with E-state index < -0.39 is 0 Å². The topological polar surface area (TPSA) is 49.5 Å². The second kappa shape index (κ2) is 7.10. The van der Waals surface area contributed by atoms with Crippen LogP contribution in [-0.4, -0.2) is 17.7 Å². The number of nitrogens with zero attached hydrogens (tertiary/aromatic N) is 1. The molecule has 0 heterocycles. The first kappa shape index (κ1) is 18.2. The van der Waals surface area contributed by atoms with Crippen LogP contribution in [0, 0.1) is 18.8 Å². The number of nitrogen functional groups attached to an aromatic ring is 1. The number of hydrogen-bond acceptors (Lipinski definition) is 3. The van der Waals surface area contributed by atoms with Gasteiger partial charge in [-0.1, -0.05) is 25.8 Å². The van der Waals surface area contributed by atoms with Gasteiger partial charge >= 0.3 is 0 Å². The quantitative estimate of drug-likeness (QED) is 0.731. The van der Waals surface area contributed by atoms with Gasteiger partial charge in [0.05, 0.1) is 0 Å². The number of aromatic hydroxyl groups is 1. The van der Waals surface area contributed by atoms with Crippen LogP contribution in [0.1, 0.15) is 55.7 Å². The molecule has 1 saturated carbocycles. The van der Waals surface area contributed by atoms with Gasteiger partial charge in [-0.15, -0.1) is 0 Å². The number of fused-ring (bicyclic) bond motifs is 3. The third-order valence-corrected chi connectivity index (χ3v) is 7.02. The Hall–Kier alpha value is -2.16. The molecule has 2 aromatic rings. The van der Waals surface area contributed by atoms with Crippen molar-refractivity contribution in [3.05, 3.63) is 53.1 Å². The SMILES string of the molecule is CCN(c1ccc(N)c(C)c1)C1Cc2ccc(O)cc2C2CCCC(C)C21. The molecule has 1 fully saturated rings. The summed E-state index contributed by atoms with van der Waals surface area (Å²) in [7, 11) is 0. The first-order chi connectivity index (χ1) is 13.0. The van der Waals surface area contributed by atoms with Crippen molar-refractivity contribution >= 4 is 11.4 Å². The fraction of sp³-hybridized carbons (Fsp3) is 0.500. The zero-order valence-electron chi connectivity index (χ0n) is 16.8. The van der Waals surface area contributed by atoms with Crippen LogP contribution in [0.5, 0.6) is 5.75 Å². The zero-order chi connectivity index (χ0) is 19.1. The highest BCUT2D eigenvalue weighted by Crippen LogP contribution is 2.50. The van der Waals surface area contributed by atoms with Gasteiger partial charge in [0, 0.05) is 24.0 Å². The Morgan fingerprint density at radius 2 is 1.96 bits per heavy atom. The fourth-order valence-corrected chi connectivity index (χ4v) is 5.69. The maximum absolute atomic E-state index is 10.1. The van der Waals surface area contributed by atoms with Crippen LogP contribution in [0.4, 0.5) is 11.4 Å². The van der Waals surface area contributed by atoms with Crippen LogP contribution < -0.4 is 10.6 Å². The average Bonchev–Trinajstić information content (AvgIpc) is 2.65. The Balaban J connectivity index is 1.77. The molecule has 4 rings (SSSR count). The van der Waals surface area contributed by atoms with Gasteiger partial charge in [0.25, 0.3) is 0 Å². The van der Waals surface area contributed by atoms with E-state index in [9.17, 15) is 5.11 Å². The normalized spacial score (nSPS) is 26.9. The van der Waals surface area contributed by atoms with Gasteiger partial charge in [-0.3, -0.25) is 0 Å². The number of benzene rings is 2. The predicted octanol–water partition coefficient (Wildman–Crippen LogP) is 5.25. The number of phenols is 1. The minimum absolute atomic E-state index is 0.408. The maximum Gasteiger partial charge on any atom is 0.115 e. The Bertz CT molecular complexity index is 831. The highest BCUT2D eigenvalue weighted by molar-refractivity contribution is 5.59. The zero-order valence-corrected chi connectivity index (χ0v) is 16.8. The Kier molecular flexibility index (Phi) is 4.79. The summed E-state index contributed by atoms with van der Waals surface area (Å²) in [6, 6.07) is 13.0. The van der Waals surface area contributed by atoms with Gasteiger partial charge in [-0.25, -0.2) is 0 Å². The van der Waals surface area contributed by atoms with Gasteiger partial charge in [0.15, 0.2) is 0 Å². The van der Waals surface area contributed by atoms with E-state index in [1.165, 1.54) is 36.1 Å².